The number of hydrogen-bond acceptors (Lipinski definition) is 5. The number of amides is 1. The Morgan fingerprint density at radius 2 is 2.15 bits per heavy atom. The van der Waals surface area contributed by atoms with Crippen LogP contribution in [0.3, 0.4) is 0 Å². The molecule has 0 aromatic heterocycles. The second-order valence-electron chi connectivity index (χ2n) is 10.2. The highest BCUT2D eigenvalue weighted by Crippen LogP contribution is 2.65. The van der Waals surface area contributed by atoms with E-state index in [1.165, 1.54) is 6.42 Å². The molecule has 0 aromatic rings. The standard InChI is InChI=1S/C20H34BN3O3/c1-19(2)13-9-15(19)20(3)16(10-13)26-21(27-20)17-5-4-8-24(17)18(25)12-23-14-6-7-22-11-14/h13-17,22-23H,4-12H2,1-3H3. The molecule has 0 radical (unpaired) electrons. The van der Waals surface area contributed by atoms with Gasteiger partial charge in [-0.2, -0.15) is 0 Å². The van der Waals surface area contributed by atoms with Crippen molar-refractivity contribution in [3.63, 3.8) is 0 Å². The molecule has 3 saturated heterocycles. The molecule has 6 aliphatic rings. The molecule has 0 spiro atoms. The maximum Gasteiger partial charge on any atom is 0.481 e. The first-order valence-electron chi connectivity index (χ1n) is 11.0. The lowest BCUT2D eigenvalue weighted by Gasteiger charge is -2.64. The van der Waals surface area contributed by atoms with Gasteiger partial charge in [-0.3, -0.25) is 4.79 Å². The average Bonchev–Trinajstić information content (AvgIpc) is 3.36. The van der Waals surface area contributed by atoms with Crippen LogP contribution >= 0.6 is 0 Å². The smallest absolute Gasteiger partial charge is 0.404 e. The fraction of sp³-hybridized carbons (Fsp3) is 0.950. The van der Waals surface area contributed by atoms with Crippen LogP contribution in [0.1, 0.15) is 52.9 Å². The second kappa shape index (κ2) is 6.44. The molecule has 150 valence electrons. The summed E-state index contributed by atoms with van der Waals surface area (Å²) >= 11 is 0. The molecule has 3 aliphatic carbocycles. The number of rotatable bonds is 4. The first-order chi connectivity index (χ1) is 12.9. The fourth-order valence-electron chi connectivity index (χ4n) is 6.61. The van der Waals surface area contributed by atoms with Gasteiger partial charge in [-0.05, 0) is 62.8 Å². The summed E-state index contributed by atoms with van der Waals surface area (Å²) in [7, 11) is -0.255. The molecule has 7 heteroatoms. The molecular formula is C20H34BN3O3. The largest absolute Gasteiger partial charge is 0.481 e. The minimum absolute atomic E-state index is 0.0729. The minimum Gasteiger partial charge on any atom is -0.404 e. The van der Waals surface area contributed by atoms with Crippen molar-refractivity contribution in [1.82, 2.24) is 15.5 Å². The third kappa shape index (κ3) is 2.80. The van der Waals surface area contributed by atoms with Crippen molar-refractivity contribution in [1.29, 1.82) is 0 Å². The summed E-state index contributed by atoms with van der Waals surface area (Å²) in [5.74, 6) is 1.60. The Morgan fingerprint density at radius 1 is 1.30 bits per heavy atom. The van der Waals surface area contributed by atoms with Crippen molar-refractivity contribution >= 4 is 13.0 Å². The quantitative estimate of drug-likeness (QED) is 0.723. The first kappa shape index (κ1) is 18.4. The van der Waals surface area contributed by atoms with Crippen LogP contribution in [0.2, 0.25) is 0 Å². The Kier molecular flexibility index (Phi) is 4.39. The van der Waals surface area contributed by atoms with Gasteiger partial charge in [0.1, 0.15) is 0 Å². The molecule has 0 aromatic carbocycles. The average molecular weight is 375 g/mol. The molecule has 6 atom stereocenters. The lowest BCUT2D eigenvalue weighted by molar-refractivity contribution is -0.199. The summed E-state index contributed by atoms with van der Waals surface area (Å²) in [5.41, 5.74) is 0.169. The molecule has 6 nitrogen and oxygen atoms in total. The van der Waals surface area contributed by atoms with Crippen LogP contribution in [0.25, 0.3) is 0 Å². The van der Waals surface area contributed by atoms with Crippen LogP contribution in [0.15, 0.2) is 0 Å². The first-order valence-corrected chi connectivity index (χ1v) is 11.0. The van der Waals surface area contributed by atoms with Crippen molar-refractivity contribution in [2.75, 3.05) is 26.2 Å². The molecule has 2 bridgehead atoms. The molecule has 3 aliphatic heterocycles. The Hall–Kier alpha value is -0.625. The summed E-state index contributed by atoms with van der Waals surface area (Å²) in [6.07, 6.45) is 5.70. The van der Waals surface area contributed by atoms with Crippen molar-refractivity contribution < 1.29 is 14.1 Å². The van der Waals surface area contributed by atoms with Crippen molar-refractivity contribution in [3.8, 4) is 0 Å². The van der Waals surface area contributed by atoms with Crippen LogP contribution in [-0.2, 0) is 14.1 Å². The predicted octanol–water partition coefficient (Wildman–Crippen LogP) is 1.20. The number of carbonyl (C=O) groups is 1. The highest BCUT2D eigenvalue weighted by Gasteiger charge is 2.69. The third-order valence-electron chi connectivity index (χ3n) is 8.50. The third-order valence-corrected chi connectivity index (χ3v) is 8.50. The fourth-order valence-corrected chi connectivity index (χ4v) is 6.61. The van der Waals surface area contributed by atoms with Gasteiger partial charge in [-0.1, -0.05) is 13.8 Å². The number of nitrogens with one attached hydrogen (secondary N) is 2. The monoisotopic (exact) mass is 375 g/mol. The summed E-state index contributed by atoms with van der Waals surface area (Å²) in [6.45, 7) is 10.3. The minimum atomic E-state index is -0.255. The van der Waals surface area contributed by atoms with Crippen LogP contribution in [0.4, 0.5) is 0 Å². The zero-order valence-corrected chi connectivity index (χ0v) is 17.0. The van der Waals surface area contributed by atoms with Crippen LogP contribution in [-0.4, -0.2) is 67.8 Å². The normalized spacial score (nSPS) is 45.1. The van der Waals surface area contributed by atoms with Gasteiger partial charge in [0.05, 0.1) is 24.2 Å². The Labute approximate surface area is 163 Å². The van der Waals surface area contributed by atoms with Gasteiger partial charge in [-0.15, -0.1) is 0 Å². The van der Waals surface area contributed by atoms with E-state index in [-0.39, 0.29) is 30.7 Å². The maximum absolute atomic E-state index is 12.9. The van der Waals surface area contributed by atoms with Gasteiger partial charge in [0.15, 0.2) is 0 Å². The van der Waals surface area contributed by atoms with Gasteiger partial charge in [-0.25, -0.2) is 0 Å². The molecule has 3 saturated carbocycles. The van der Waals surface area contributed by atoms with E-state index >= 15 is 0 Å². The maximum atomic E-state index is 12.9. The lowest BCUT2D eigenvalue weighted by atomic mass is 9.43. The number of likely N-dealkylation sites (tertiary alicyclic amines) is 1. The molecule has 6 rings (SSSR count). The Bertz CT molecular complexity index is 611. The van der Waals surface area contributed by atoms with E-state index in [1.54, 1.807) is 0 Å². The molecular weight excluding hydrogens is 341 g/mol. The van der Waals surface area contributed by atoms with Gasteiger partial charge in [0.2, 0.25) is 5.91 Å². The molecule has 6 fully saturated rings. The van der Waals surface area contributed by atoms with E-state index in [1.807, 2.05) is 4.90 Å². The summed E-state index contributed by atoms with van der Waals surface area (Å²) in [6, 6.07) is 0.421. The van der Waals surface area contributed by atoms with E-state index in [0.29, 0.717) is 23.9 Å². The highest BCUT2D eigenvalue weighted by atomic mass is 16.7. The Balaban J connectivity index is 1.24. The van der Waals surface area contributed by atoms with Gasteiger partial charge in [0, 0.05) is 19.1 Å². The van der Waals surface area contributed by atoms with E-state index < -0.39 is 0 Å². The lowest BCUT2D eigenvalue weighted by Crippen LogP contribution is -2.65. The molecule has 6 unspecified atom stereocenters. The van der Waals surface area contributed by atoms with E-state index in [0.717, 1.165) is 51.2 Å². The van der Waals surface area contributed by atoms with Crippen molar-refractivity contribution in [2.24, 2.45) is 17.3 Å². The predicted molar refractivity (Wildman–Crippen MR) is 104 cm³/mol. The number of carbonyl (C=O) groups excluding carboxylic acids is 1. The van der Waals surface area contributed by atoms with E-state index in [2.05, 4.69) is 31.4 Å². The van der Waals surface area contributed by atoms with Crippen LogP contribution < -0.4 is 10.6 Å². The summed E-state index contributed by atoms with van der Waals surface area (Å²) in [5, 5.41) is 6.75. The second-order valence-corrected chi connectivity index (χ2v) is 10.2. The van der Waals surface area contributed by atoms with Gasteiger partial charge < -0.3 is 24.8 Å². The highest BCUT2D eigenvalue weighted by molar-refractivity contribution is 6.48. The van der Waals surface area contributed by atoms with Crippen molar-refractivity contribution in [3.05, 3.63) is 0 Å². The van der Waals surface area contributed by atoms with Gasteiger partial charge in [0.25, 0.3) is 0 Å². The molecule has 1 amide bonds. The molecule has 27 heavy (non-hydrogen) atoms. The number of hydrogen-bond donors (Lipinski definition) is 2. The molecule has 2 N–H and O–H groups in total. The SMILES string of the molecule is CC1(C)C2CC3OB(C4CCCN4C(=O)CNC4CCNC4)OC3(C)C1C2. The zero-order valence-electron chi connectivity index (χ0n) is 17.0. The zero-order chi connectivity index (χ0) is 18.8. The van der Waals surface area contributed by atoms with E-state index in [4.69, 9.17) is 9.31 Å². The Morgan fingerprint density at radius 3 is 2.89 bits per heavy atom. The van der Waals surface area contributed by atoms with Gasteiger partial charge >= 0.3 is 7.12 Å². The van der Waals surface area contributed by atoms with Crippen LogP contribution in [0, 0.1) is 17.3 Å². The topological polar surface area (TPSA) is 62.8 Å². The summed E-state index contributed by atoms with van der Waals surface area (Å²) in [4.78, 5) is 14.9. The molecule has 3 heterocycles. The van der Waals surface area contributed by atoms with Crippen LogP contribution in [0.5, 0.6) is 0 Å². The van der Waals surface area contributed by atoms with E-state index in [9.17, 15) is 4.79 Å². The number of nitrogens with zero attached hydrogens (tertiary/aromatic N) is 1. The van der Waals surface area contributed by atoms with Crippen molar-refractivity contribution in [2.45, 2.75) is 76.6 Å². The summed E-state index contributed by atoms with van der Waals surface area (Å²) < 4.78 is 13.1.